The summed E-state index contributed by atoms with van der Waals surface area (Å²) < 4.78 is 15.2. The van der Waals surface area contributed by atoms with E-state index in [1.54, 1.807) is 19.1 Å². The van der Waals surface area contributed by atoms with Gasteiger partial charge < -0.3 is 24.6 Å². The van der Waals surface area contributed by atoms with Crippen LogP contribution in [0, 0.1) is 6.92 Å². The highest BCUT2D eigenvalue weighted by molar-refractivity contribution is 5.86. The van der Waals surface area contributed by atoms with E-state index in [0.29, 0.717) is 12.3 Å². The zero-order valence-corrected chi connectivity index (χ0v) is 13.4. The van der Waals surface area contributed by atoms with Gasteiger partial charge >= 0.3 is 12.1 Å². The predicted octanol–water partition coefficient (Wildman–Crippen LogP) is 1.92. The van der Waals surface area contributed by atoms with Crippen molar-refractivity contribution >= 4 is 12.1 Å². The second-order valence-electron chi connectivity index (χ2n) is 4.59. The van der Waals surface area contributed by atoms with Gasteiger partial charge in [-0.05, 0) is 31.1 Å². The molecule has 0 bridgehead atoms. The summed E-state index contributed by atoms with van der Waals surface area (Å²) in [7, 11) is 1.21. The largest absolute Gasteiger partial charge is 0.463 e. The van der Waals surface area contributed by atoms with Crippen LogP contribution in [0.2, 0.25) is 0 Å². The van der Waals surface area contributed by atoms with Crippen molar-refractivity contribution in [1.29, 1.82) is 0 Å². The number of aliphatic hydroxyl groups is 1. The lowest BCUT2D eigenvalue weighted by Gasteiger charge is -2.12. The van der Waals surface area contributed by atoms with Gasteiger partial charge in [0, 0.05) is 12.6 Å². The Hall–Kier alpha value is -2.54. The summed E-state index contributed by atoms with van der Waals surface area (Å²) in [6.07, 6.45) is 1.42. The Balaban J connectivity index is 2.90. The van der Waals surface area contributed by atoms with Gasteiger partial charge in [0.25, 0.3) is 0 Å². The number of carbonyl (C=O) groups is 2. The lowest BCUT2D eigenvalue weighted by molar-refractivity contribution is -0.138. The molecule has 0 unspecified atom stereocenters. The smallest absolute Gasteiger partial charge is 0.412 e. The minimum atomic E-state index is -0.717. The van der Waals surface area contributed by atoms with Gasteiger partial charge in [0.05, 0.1) is 13.7 Å². The van der Waals surface area contributed by atoms with Crippen LogP contribution in [0.25, 0.3) is 0 Å². The average Bonchev–Trinajstić information content (AvgIpc) is 2.54. The number of rotatable bonds is 7. The van der Waals surface area contributed by atoms with Gasteiger partial charge in [-0.3, -0.25) is 0 Å². The highest BCUT2D eigenvalue weighted by Crippen LogP contribution is 2.26. The molecule has 0 saturated heterocycles. The molecule has 0 saturated carbocycles. The molecule has 0 radical (unpaired) electrons. The first kappa shape index (κ1) is 18.5. The van der Waals surface area contributed by atoms with E-state index in [2.05, 4.69) is 10.1 Å². The van der Waals surface area contributed by atoms with Crippen molar-refractivity contribution in [1.82, 2.24) is 5.32 Å². The Morgan fingerprint density at radius 3 is 2.65 bits per heavy atom. The van der Waals surface area contributed by atoms with E-state index in [1.165, 1.54) is 19.3 Å². The number of ether oxygens (including phenoxy) is 3. The molecule has 7 heteroatoms. The highest BCUT2D eigenvalue weighted by atomic mass is 16.6. The van der Waals surface area contributed by atoms with Crippen LogP contribution in [0.1, 0.15) is 18.9 Å². The third-order valence-electron chi connectivity index (χ3n) is 2.77. The van der Waals surface area contributed by atoms with Crippen molar-refractivity contribution in [2.24, 2.45) is 0 Å². The summed E-state index contributed by atoms with van der Waals surface area (Å²) in [4.78, 5) is 23.1. The van der Waals surface area contributed by atoms with E-state index < -0.39 is 12.1 Å². The van der Waals surface area contributed by atoms with Crippen LogP contribution in [0.4, 0.5) is 4.79 Å². The molecule has 1 rings (SSSR count). The van der Waals surface area contributed by atoms with Crippen molar-refractivity contribution < 1.29 is 28.9 Å². The average molecular weight is 323 g/mol. The number of esters is 1. The van der Waals surface area contributed by atoms with E-state index in [-0.39, 0.29) is 18.1 Å². The first-order valence-electron chi connectivity index (χ1n) is 7.15. The number of nitrogens with one attached hydrogen (secondary N) is 1. The standard InChI is InChI=1S/C16H21NO6/c1-4-8-17-16(20)22-12-6-5-11(2)14(10-12)23-13(7-9-18)15(19)21-3/h5-7,10,18H,4,8-9H2,1-3H3,(H,17,20)/b13-7-. The van der Waals surface area contributed by atoms with Crippen LogP contribution < -0.4 is 14.8 Å². The Kier molecular flexibility index (Phi) is 7.62. The van der Waals surface area contributed by atoms with E-state index in [1.807, 2.05) is 6.92 Å². The van der Waals surface area contributed by atoms with Crippen LogP contribution in [0.5, 0.6) is 11.5 Å². The maximum Gasteiger partial charge on any atom is 0.412 e. The van der Waals surface area contributed by atoms with Gasteiger partial charge in [0.1, 0.15) is 11.5 Å². The maximum absolute atomic E-state index is 11.6. The number of carbonyl (C=O) groups excluding carboxylic acids is 2. The number of hydrogen-bond donors (Lipinski definition) is 2. The van der Waals surface area contributed by atoms with Crippen LogP contribution >= 0.6 is 0 Å². The Labute approximate surface area is 134 Å². The first-order valence-corrected chi connectivity index (χ1v) is 7.15. The van der Waals surface area contributed by atoms with Gasteiger partial charge in [0.15, 0.2) is 0 Å². The van der Waals surface area contributed by atoms with Gasteiger partial charge in [-0.2, -0.15) is 0 Å². The molecule has 23 heavy (non-hydrogen) atoms. The van der Waals surface area contributed by atoms with Gasteiger partial charge in [-0.15, -0.1) is 0 Å². The number of aryl methyl sites for hydroxylation is 1. The summed E-state index contributed by atoms with van der Waals surface area (Å²) in [5.74, 6) is -0.278. The van der Waals surface area contributed by atoms with E-state index in [4.69, 9.17) is 14.6 Å². The minimum absolute atomic E-state index is 0.148. The topological polar surface area (TPSA) is 94.1 Å². The molecule has 1 amide bonds. The molecule has 0 aliphatic carbocycles. The molecule has 1 aromatic rings. The number of hydrogen-bond acceptors (Lipinski definition) is 6. The lowest BCUT2D eigenvalue weighted by Crippen LogP contribution is -2.27. The third kappa shape index (κ3) is 5.99. The van der Waals surface area contributed by atoms with Gasteiger partial charge in [-0.1, -0.05) is 13.0 Å². The molecule has 0 aliphatic heterocycles. The molecule has 1 aromatic carbocycles. The molecule has 0 spiro atoms. The van der Waals surface area contributed by atoms with Crippen molar-refractivity contribution in [2.45, 2.75) is 20.3 Å². The second kappa shape index (κ2) is 9.47. The highest BCUT2D eigenvalue weighted by Gasteiger charge is 2.14. The normalized spacial score (nSPS) is 10.9. The molecule has 0 atom stereocenters. The van der Waals surface area contributed by atoms with Gasteiger partial charge in [0.2, 0.25) is 5.76 Å². The summed E-state index contributed by atoms with van der Waals surface area (Å²) in [6.45, 7) is 3.84. The summed E-state index contributed by atoms with van der Waals surface area (Å²) in [5, 5.41) is 11.5. The monoisotopic (exact) mass is 323 g/mol. The molecule has 0 aromatic heterocycles. The quantitative estimate of drug-likeness (QED) is 0.452. The maximum atomic E-state index is 11.6. The van der Waals surface area contributed by atoms with Crippen molar-refractivity contribution in [3.63, 3.8) is 0 Å². The Morgan fingerprint density at radius 1 is 1.30 bits per heavy atom. The van der Waals surface area contributed by atoms with Crippen molar-refractivity contribution in [3.05, 3.63) is 35.6 Å². The molecular weight excluding hydrogens is 302 g/mol. The van der Waals surface area contributed by atoms with E-state index in [9.17, 15) is 9.59 Å². The number of benzene rings is 1. The van der Waals surface area contributed by atoms with Crippen molar-refractivity contribution in [3.8, 4) is 11.5 Å². The number of methoxy groups -OCH3 is 1. The number of amides is 1. The molecule has 0 heterocycles. The predicted molar refractivity (Wildman–Crippen MR) is 83.3 cm³/mol. The zero-order chi connectivity index (χ0) is 17.2. The van der Waals surface area contributed by atoms with Crippen LogP contribution in [0.15, 0.2) is 30.0 Å². The van der Waals surface area contributed by atoms with Gasteiger partial charge in [-0.25, -0.2) is 9.59 Å². The zero-order valence-electron chi connectivity index (χ0n) is 13.4. The third-order valence-corrected chi connectivity index (χ3v) is 2.77. The fourth-order valence-electron chi connectivity index (χ4n) is 1.59. The second-order valence-corrected chi connectivity index (χ2v) is 4.59. The van der Waals surface area contributed by atoms with Crippen LogP contribution in [-0.4, -0.2) is 37.4 Å². The van der Waals surface area contributed by atoms with Crippen LogP contribution in [-0.2, 0) is 9.53 Å². The minimum Gasteiger partial charge on any atom is -0.463 e. The molecular formula is C16H21NO6. The number of aliphatic hydroxyl groups excluding tert-OH is 1. The SMILES string of the molecule is CCCNC(=O)Oc1ccc(C)c(O/C(=C\CO)C(=O)OC)c1. The molecule has 7 nitrogen and oxygen atoms in total. The molecule has 0 fully saturated rings. The molecule has 126 valence electrons. The van der Waals surface area contributed by atoms with Crippen LogP contribution in [0.3, 0.4) is 0 Å². The summed E-state index contributed by atoms with van der Waals surface area (Å²) >= 11 is 0. The van der Waals surface area contributed by atoms with Crippen molar-refractivity contribution in [2.75, 3.05) is 20.3 Å². The fraction of sp³-hybridized carbons (Fsp3) is 0.375. The summed E-state index contributed by atoms with van der Waals surface area (Å²) in [5.41, 5.74) is 0.721. The Bertz CT molecular complexity index is 582. The lowest BCUT2D eigenvalue weighted by atomic mass is 10.2. The van der Waals surface area contributed by atoms with E-state index in [0.717, 1.165) is 12.0 Å². The summed E-state index contributed by atoms with van der Waals surface area (Å²) in [6, 6.07) is 4.78. The first-order chi connectivity index (χ1) is 11.0. The fourth-order valence-corrected chi connectivity index (χ4v) is 1.59. The molecule has 0 aliphatic rings. The van der Waals surface area contributed by atoms with E-state index >= 15 is 0 Å². The Morgan fingerprint density at radius 2 is 2.04 bits per heavy atom. The molecule has 2 N–H and O–H groups in total.